The van der Waals surface area contributed by atoms with Gasteiger partial charge in [-0.1, -0.05) is 70.9 Å². The van der Waals surface area contributed by atoms with E-state index in [-0.39, 0.29) is 12.1 Å². The number of carbonyl (C=O) groups is 1. The Kier molecular flexibility index (Phi) is 7.71. The van der Waals surface area contributed by atoms with Crippen LogP contribution in [0.3, 0.4) is 0 Å². The molecule has 1 saturated heterocycles. The van der Waals surface area contributed by atoms with Crippen molar-refractivity contribution in [1.82, 2.24) is 4.90 Å². The lowest BCUT2D eigenvalue weighted by Crippen LogP contribution is -2.75. The molecule has 6 heteroatoms. The van der Waals surface area contributed by atoms with Gasteiger partial charge in [0.2, 0.25) is 0 Å². The van der Waals surface area contributed by atoms with Gasteiger partial charge >= 0.3 is 6.16 Å². The molecule has 0 aromatic heterocycles. The van der Waals surface area contributed by atoms with E-state index in [1.165, 1.54) is 63.4 Å². The molecule has 6 nitrogen and oxygen atoms in total. The Morgan fingerprint density at radius 1 is 1.10 bits per heavy atom. The maximum absolute atomic E-state index is 12.6. The minimum atomic E-state index is -0.862. The molecule has 6 rings (SSSR count). The summed E-state index contributed by atoms with van der Waals surface area (Å²) in [5.41, 5.74) is 1.93. The zero-order valence-electron chi connectivity index (χ0n) is 23.8. The summed E-state index contributed by atoms with van der Waals surface area (Å²) in [6.45, 7) is 9.04. The van der Waals surface area contributed by atoms with Crippen molar-refractivity contribution in [3.8, 4) is 11.5 Å². The third kappa shape index (κ3) is 4.80. The minimum absolute atomic E-state index is 0.0950. The van der Waals surface area contributed by atoms with Crippen LogP contribution < -0.4 is 9.47 Å². The van der Waals surface area contributed by atoms with Crippen molar-refractivity contribution in [2.75, 3.05) is 19.7 Å². The third-order valence-corrected chi connectivity index (χ3v) is 10.4. The monoisotopic (exact) mass is 537 g/mol. The molecular weight excluding hydrogens is 490 g/mol. The molecule has 2 heterocycles. The van der Waals surface area contributed by atoms with Gasteiger partial charge in [-0.05, 0) is 74.6 Å². The van der Waals surface area contributed by atoms with Gasteiger partial charge in [0.25, 0.3) is 0 Å². The summed E-state index contributed by atoms with van der Waals surface area (Å²) in [7, 11) is 0. The highest BCUT2D eigenvalue weighted by molar-refractivity contribution is 5.70. The largest absolute Gasteiger partial charge is 0.513 e. The summed E-state index contributed by atoms with van der Waals surface area (Å²) >= 11 is 0. The van der Waals surface area contributed by atoms with Crippen LogP contribution in [0.25, 0.3) is 0 Å². The normalized spacial score (nSPS) is 30.6. The lowest BCUT2D eigenvalue weighted by atomic mass is 9.48. The SMILES string of the molecule is C=C1CC[C@@]2(O)C3Cc4ccc(OC(=O)OCCCCCCCCCCC)c5c4[C@@]2(CCN3CC2CC2)[C@H]1O5. The fourth-order valence-electron chi connectivity index (χ4n) is 8.15. The van der Waals surface area contributed by atoms with Crippen LogP contribution in [0, 0.1) is 5.92 Å². The van der Waals surface area contributed by atoms with Crippen molar-refractivity contribution >= 4 is 6.16 Å². The second-order valence-corrected chi connectivity index (χ2v) is 12.9. The molecule has 1 unspecified atom stereocenters. The molecule has 2 bridgehead atoms. The Labute approximate surface area is 234 Å². The summed E-state index contributed by atoms with van der Waals surface area (Å²) in [6.07, 6.45) is 15.7. The average Bonchev–Trinajstić information content (AvgIpc) is 3.66. The molecule has 3 fully saturated rings. The third-order valence-electron chi connectivity index (χ3n) is 10.4. The number of aliphatic hydroxyl groups is 1. The number of piperidine rings is 1. The first-order valence-electron chi connectivity index (χ1n) is 15.8. The van der Waals surface area contributed by atoms with Crippen LogP contribution in [0.1, 0.15) is 108 Å². The van der Waals surface area contributed by atoms with E-state index in [0.29, 0.717) is 24.5 Å². The number of nitrogens with zero attached hydrogens (tertiary/aromatic N) is 1. The molecule has 1 N–H and O–H groups in total. The van der Waals surface area contributed by atoms with Crippen LogP contribution in [0.4, 0.5) is 4.79 Å². The zero-order valence-corrected chi connectivity index (χ0v) is 23.8. The first-order valence-corrected chi connectivity index (χ1v) is 15.8. The Morgan fingerprint density at radius 3 is 2.59 bits per heavy atom. The van der Waals surface area contributed by atoms with Crippen molar-refractivity contribution in [2.45, 2.75) is 126 Å². The van der Waals surface area contributed by atoms with Crippen molar-refractivity contribution in [3.63, 3.8) is 0 Å². The van der Waals surface area contributed by atoms with Crippen LogP contribution in [-0.2, 0) is 16.6 Å². The molecule has 1 aromatic carbocycles. The van der Waals surface area contributed by atoms with Gasteiger partial charge in [-0.3, -0.25) is 4.90 Å². The maximum Gasteiger partial charge on any atom is 0.513 e. The van der Waals surface area contributed by atoms with Gasteiger partial charge in [-0.15, -0.1) is 0 Å². The van der Waals surface area contributed by atoms with Crippen molar-refractivity contribution in [3.05, 3.63) is 35.4 Å². The summed E-state index contributed by atoms with van der Waals surface area (Å²) < 4.78 is 17.8. The number of hydrogen-bond donors (Lipinski definition) is 1. The van der Waals surface area contributed by atoms with Crippen molar-refractivity contribution in [2.24, 2.45) is 5.92 Å². The van der Waals surface area contributed by atoms with Crippen LogP contribution >= 0.6 is 0 Å². The molecule has 214 valence electrons. The van der Waals surface area contributed by atoms with Gasteiger partial charge in [0, 0.05) is 18.2 Å². The summed E-state index contributed by atoms with van der Waals surface area (Å²) in [6, 6.07) is 4.04. The van der Waals surface area contributed by atoms with E-state index < -0.39 is 17.2 Å². The number of hydrogen-bond acceptors (Lipinski definition) is 6. The number of rotatable bonds is 13. The first-order chi connectivity index (χ1) is 19.0. The van der Waals surface area contributed by atoms with E-state index in [1.54, 1.807) is 0 Å². The topological polar surface area (TPSA) is 68.2 Å². The van der Waals surface area contributed by atoms with E-state index in [1.807, 2.05) is 6.07 Å². The fourth-order valence-corrected chi connectivity index (χ4v) is 8.15. The molecule has 5 aliphatic rings. The summed E-state index contributed by atoms with van der Waals surface area (Å²) in [4.78, 5) is 15.2. The van der Waals surface area contributed by atoms with Crippen LogP contribution in [-0.4, -0.2) is 53.6 Å². The van der Waals surface area contributed by atoms with Crippen molar-refractivity contribution in [1.29, 1.82) is 0 Å². The number of benzene rings is 1. The molecule has 4 atom stereocenters. The first kappa shape index (κ1) is 27.1. The zero-order chi connectivity index (χ0) is 27.0. The Hall–Kier alpha value is -2.05. The number of unbranched alkanes of at least 4 members (excludes halogenated alkanes) is 8. The highest BCUT2D eigenvalue weighted by atomic mass is 16.7. The summed E-state index contributed by atoms with van der Waals surface area (Å²) in [5, 5.41) is 12.5. The van der Waals surface area contributed by atoms with Crippen LogP contribution in [0.5, 0.6) is 11.5 Å². The van der Waals surface area contributed by atoms with Crippen molar-refractivity contribution < 1.29 is 24.1 Å². The molecule has 0 amide bonds. The van der Waals surface area contributed by atoms with E-state index in [4.69, 9.17) is 14.2 Å². The Bertz CT molecular complexity index is 1080. The minimum Gasteiger partial charge on any atom is -0.481 e. The molecule has 0 radical (unpaired) electrons. The highest BCUT2D eigenvalue weighted by Gasteiger charge is 2.72. The summed E-state index contributed by atoms with van der Waals surface area (Å²) in [5.74, 6) is 1.81. The fraction of sp³-hybridized carbons (Fsp3) is 0.727. The Balaban J connectivity index is 1.11. The molecule has 2 saturated carbocycles. The van der Waals surface area contributed by atoms with Gasteiger partial charge < -0.3 is 19.3 Å². The molecule has 3 aliphatic carbocycles. The molecule has 1 spiro atoms. The van der Waals surface area contributed by atoms with E-state index in [2.05, 4.69) is 24.5 Å². The van der Waals surface area contributed by atoms with Gasteiger partial charge in [0.05, 0.1) is 17.6 Å². The quantitative estimate of drug-likeness (QED) is 0.128. The van der Waals surface area contributed by atoms with Gasteiger partial charge in [-0.25, -0.2) is 4.79 Å². The van der Waals surface area contributed by atoms with E-state index >= 15 is 0 Å². The predicted octanol–water partition coefficient (Wildman–Crippen LogP) is 6.85. The number of carbonyl (C=O) groups excluding carboxylic acids is 1. The second-order valence-electron chi connectivity index (χ2n) is 12.9. The highest BCUT2D eigenvalue weighted by Crippen LogP contribution is 2.66. The van der Waals surface area contributed by atoms with Crippen LogP contribution in [0.15, 0.2) is 24.3 Å². The van der Waals surface area contributed by atoms with Crippen LogP contribution in [0.2, 0.25) is 0 Å². The molecule has 2 aliphatic heterocycles. The lowest BCUT2D eigenvalue weighted by Gasteiger charge is -2.63. The van der Waals surface area contributed by atoms with E-state index in [9.17, 15) is 9.90 Å². The molecule has 39 heavy (non-hydrogen) atoms. The van der Waals surface area contributed by atoms with Gasteiger partial charge in [-0.2, -0.15) is 0 Å². The maximum atomic E-state index is 12.6. The average molecular weight is 538 g/mol. The molecular formula is C33H47NO5. The number of ether oxygens (including phenoxy) is 3. The number of likely N-dealkylation sites (tertiary alicyclic amines) is 1. The smallest absolute Gasteiger partial charge is 0.481 e. The van der Waals surface area contributed by atoms with Gasteiger partial charge in [0.1, 0.15) is 6.10 Å². The Morgan fingerprint density at radius 2 is 1.85 bits per heavy atom. The predicted molar refractivity (Wildman–Crippen MR) is 151 cm³/mol. The van der Waals surface area contributed by atoms with Gasteiger partial charge in [0.15, 0.2) is 11.5 Å². The standard InChI is InChI=1S/C33H47NO5/c1-3-4-5-6-7-8-9-10-11-20-37-31(35)38-26-15-14-25-21-27-33(36)17-16-23(2)30-32(33,28(25)29(26)39-30)18-19-34(27)22-24-12-13-24/h14-15,24,27,30,36H,2-13,16-22H2,1H3/t27?,30-,32-,33+/m0/s1. The molecule has 1 aromatic rings. The lowest BCUT2D eigenvalue weighted by molar-refractivity contribution is -0.174. The van der Waals surface area contributed by atoms with E-state index in [0.717, 1.165) is 62.2 Å². The second kappa shape index (κ2) is 11.1.